The highest BCUT2D eigenvalue weighted by atomic mass is 16.2. The number of anilines is 1. The molecule has 2 unspecified atom stereocenters. The van der Waals surface area contributed by atoms with E-state index >= 15 is 0 Å². The van der Waals surface area contributed by atoms with Crippen molar-refractivity contribution in [2.24, 2.45) is 5.92 Å². The van der Waals surface area contributed by atoms with Crippen molar-refractivity contribution in [3.63, 3.8) is 0 Å². The Morgan fingerprint density at radius 1 is 1.45 bits per heavy atom. The van der Waals surface area contributed by atoms with E-state index in [9.17, 15) is 4.79 Å². The molecule has 1 saturated heterocycles. The Bertz CT molecular complexity index is 595. The predicted molar refractivity (Wildman–Crippen MR) is 75.6 cm³/mol. The number of amides is 1. The van der Waals surface area contributed by atoms with Crippen LogP contribution in [0.5, 0.6) is 0 Å². The SMILES string of the molecule is CC1CCNC1C(=O)Nc1ccccc1-n1cncn1. The van der Waals surface area contributed by atoms with Gasteiger partial charge in [0.05, 0.1) is 17.4 Å². The highest BCUT2D eigenvalue weighted by Crippen LogP contribution is 2.21. The summed E-state index contributed by atoms with van der Waals surface area (Å²) in [5.74, 6) is 0.357. The zero-order chi connectivity index (χ0) is 13.9. The fraction of sp³-hybridized carbons (Fsp3) is 0.357. The van der Waals surface area contributed by atoms with Crippen LogP contribution in [0.3, 0.4) is 0 Å². The summed E-state index contributed by atoms with van der Waals surface area (Å²) in [4.78, 5) is 16.3. The number of carbonyl (C=O) groups is 1. The number of hydrogen-bond acceptors (Lipinski definition) is 4. The number of para-hydroxylation sites is 2. The third-order valence-electron chi connectivity index (χ3n) is 3.64. The molecule has 0 saturated carbocycles. The molecule has 1 amide bonds. The first-order chi connectivity index (χ1) is 9.75. The highest BCUT2D eigenvalue weighted by molar-refractivity contribution is 5.96. The van der Waals surface area contributed by atoms with Gasteiger partial charge < -0.3 is 10.6 Å². The van der Waals surface area contributed by atoms with E-state index in [0.717, 1.165) is 24.3 Å². The van der Waals surface area contributed by atoms with E-state index in [-0.39, 0.29) is 11.9 Å². The highest BCUT2D eigenvalue weighted by Gasteiger charge is 2.29. The molecule has 6 nitrogen and oxygen atoms in total. The van der Waals surface area contributed by atoms with E-state index in [0.29, 0.717) is 5.92 Å². The van der Waals surface area contributed by atoms with Gasteiger partial charge >= 0.3 is 0 Å². The zero-order valence-corrected chi connectivity index (χ0v) is 11.3. The molecule has 1 fully saturated rings. The third-order valence-corrected chi connectivity index (χ3v) is 3.64. The lowest BCUT2D eigenvalue weighted by atomic mass is 10.0. The van der Waals surface area contributed by atoms with E-state index in [1.165, 1.54) is 6.33 Å². The molecule has 1 aromatic carbocycles. The van der Waals surface area contributed by atoms with Gasteiger partial charge in [0, 0.05) is 0 Å². The molecule has 0 spiro atoms. The molecule has 104 valence electrons. The van der Waals surface area contributed by atoms with Crippen LogP contribution in [0.15, 0.2) is 36.9 Å². The summed E-state index contributed by atoms with van der Waals surface area (Å²) in [6, 6.07) is 7.44. The summed E-state index contributed by atoms with van der Waals surface area (Å²) in [6.45, 7) is 2.98. The predicted octanol–water partition coefficient (Wildman–Crippen LogP) is 1.20. The number of benzene rings is 1. The topological polar surface area (TPSA) is 71.8 Å². The summed E-state index contributed by atoms with van der Waals surface area (Å²) < 4.78 is 1.64. The monoisotopic (exact) mass is 271 g/mol. The lowest BCUT2D eigenvalue weighted by Crippen LogP contribution is -2.39. The number of carbonyl (C=O) groups excluding carboxylic acids is 1. The quantitative estimate of drug-likeness (QED) is 0.880. The first-order valence-electron chi connectivity index (χ1n) is 6.74. The van der Waals surface area contributed by atoms with Crippen molar-refractivity contribution >= 4 is 11.6 Å². The molecule has 0 aliphatic carbocycles. The van der Waals surface area contributed by atoms with Crippen LogP contribution in [0.4, 0.5) is 5.69 Å². The van der Waals surface area contributed by atoms with Crippen LogP contribution in [-0.2, 0) is 4.79 Å². The van der Waals surface area contributed by atoms with Crippen LogP contribution in [0.1, 0.15) is 13.3 Å². The smallest absolute Gasteiger partial charge is 0.241 e. The molecule has 0 radical (unpaired) electrons. The van der Waals surface area contributed by atoms with Crippen molar-refractivity contribution in [1.82, 2.24) is 20.1 Å². The maximum Gasteiger partial charge on any atom is 0.241 e. The second-order valence-electron chi connectivity index (χ2n) is 5.04. The van der Waals surface area contributed by atoms with Gasteiger partial charge in [-0.05, 0) is 31.0 Å². The third kappa shape index (κ3) is 2.42. The molecule has 2 N–H and O–H groups in total. The van der Waals surface area contributed by atoms with E-state index in [2.05, 4.69) is 27.6 Å². The number of nitrogens with zero attached hydrogens (tertiary/aromatic N) is 3. The molecule has 1 aromatic heterocycles. The van der Waals surface area contributed by atoms with Crippen molar-refractivity contribution < 1.29 is 4.79 Å². The molecule has 3 rings (SSSR count). The van der Waals surface area contributed by atoms with Gasteiger partial charge in [-0.1, -0.05) is 19.1 Å². The van der Waals surface area contributed by atoms with Crippen LogP contribution >= 0.6 is 0 Å². The molecular formula is C14H17N5O. The minimum absolute atomic E-state index is 0.00238. The minimum Gasteiger partial charge on any atom is -0.323 e. The summed E-state index contributed by atoms with van der Waals surface area (Å²) >= 11 is 0. The van der Waals surface area contributed by atoms with Gasteiger partial charge in [0.15, 0.2) is 0 Å². The Kier molecular flexibility index (Phi) is 3.47. The molecule has 1 aliphatic rings. The first-order valence-corrected chi connectivity index (χ1v) is 6.74. The van der Waals surface area contributed by atoms with E-state index in [4.69, 9.17) is 0 Å². The Balaban J connectivity index is 1.83. The van der Waals surface area contributed by atoms with Gasteiger partial charge in [-0.3, -0.25) is 4.79 Å². The number of aromatic nitrogens is 3. The van der Waals surface area contributed by atoms with Crippen molar-refractivity contribution in [1.29, 1.82) is 0 Å². The molecule has 20 heavy (non-hydrogen) atoms. The van der Waals surface area contributed by atoms with Crippen LogP contribution in [0.2, 0.25) is 0 Å². The lowest BCUT2D eigenvalue weighted by Gasteiger charge is -2.17. The molecule has 2 aromatic rings. The summed E-state index contributed by atoms with van der Waals surface area (Å²) in [6.07, 6.45) is 4.11. The maximum absolute atomic E-state index is 12.3. The number of rotatable bonds is 3. The fourth-order valence-electron chi connectivity index (χ4n) is 2.51. The summed E-state index contributed by atoms with van der Waals surface area (Å²) in [5.41, 5.74) is 1.55. The Morgan fingerprint density at radius 3 is 3.00 bits per heavy atom. The van der Waals surface area contributed by atoms with Crippen molar-refractivity contribution in [3.8, 4) is 5.69 Å². The average molecular weight is 271 g/mol. The van der Waals surface area contributed by atoms with Gasteiger partial charge in [-0.2, -0.15) is 5.10 Å². The van der Waals surface area contributed by atoms with Gasteiger partial charge in [-0.15, -0.1) is 0 Å². The van der Waals surface area contributed by atoms with Gasteiger partial charge in [0.25, 0.3) is 0 Å². The summed E-state index contributed by atoms with van der Waals surface area (Å²) in [7, 11) is 0. The molecule has 2 atom stereocenters. The second-order valence-corrected chi connectivity index (χ2v) is 5.04. The molecule has 1 aliphatic heterocycles. The van der Waals surface area contributed by atoms with E-state index < -0.39 is 0 Å². The Hall–Kier alpha value is -2.21. The number of nitrogens with one attached hydrogen (secondary N) is 2. The Morgan fingerprint density at radius 2 is 2.30 bits per heavy atom. The van der Waals surface area contributed by atoms with E-state index in [1.807, 2.05) is 24.3 Å². The fourth-order valence-corrected chi connectivity index (χ4v) is 2.51. The van der Waals surface area contributed by atoms with Crippen molar-refractivity contribution in [2.75, 3.05) is 11.9 Å². The first kappa shape index (κ1) is 12.8. The van der Waals surface area contributed by atoms with Gasteiger partial charge in [0.2, 0.25) is 5.91 Å². The molecular weight excluding hydrogens is 254 g/mol. The van der Waals surface area contributed by atoms with Crippen molar-refractivity contribution in [3.05, 3.63) is 36.9 Å². The number of hydrogen-bond donors (Lipinski definition) is 2. The molecule has 0 bridgehead atoms. The van der Waals surface area contributed by atoms with Crippen molar-refractivity contribution in [2.45, 2.75) is 19.4 Å². The molecule has 6 heteroatoms. The van der Waals surface area contributed by atoms with Crippen LogP contribution in [0.25, 0.3) is 5.69 Å². The largest absolute Gasteiger partial charge is 0.323 e. The second kappa shape index (κ2) is 5.42. The van der Waals surface area contributed by atoms with Gasteiger partial charge in [-0.25, -0.2) is 9.67 Å². The van der Waals surface area contributed by atoms with Crippen LogP contribution < -0.4 is 10.6 Å². The van der Waals surface area contributed by atoms with E-state index in [1.54, 1.807) is 11.0 Å². The Labute approximate surface area is 117 Å². The minimum atomic E-state index is -0.126. The summed E-state index contributed by atoms with van der Waals surface area (Å²) in [5, 5.41) is 10.3. The average Bonchev–Trinajstić information content (AvgIpc) is 3.10. The lowest BCUT2D eigenvalue weighted by molar-refractivity contribution is -0.118. The van der Waals surface area contributed by atoms with Crippen LogP contribution in [0, 0.1) is 5.92 Å². The standard InChI is InChI=1S/C14H17N5O/c1-10-6-7-16-13(10)14(20)18-11-4-2-3-5-12(11)19-9-15-8-17-19/h2-5,8-10,13,16H,6-7H2,1H3,(H,18,20). The zero-order valence-electron chi connectivity index (χ0n) is 11.3. The van der Waals surface area contributed by atoms with Gasteiger partial charge in [0.1, 0.15) is 12.7 Å². The molecule has 2 heterocycles. The normalized spacial score (nSPS) is 21.9. The van der Waals surface area contributed by atoms with Crippen LogP contribution in [-0.4, -0.2) is 33.3 Å². The maximum atomic E-state index is 12.3.